The zero-order chi connectivity index (χ0) is 39.9. The molecule has 0 amide bonds. The van der Waals surface area contributed by atoms with Gasteiger partial charge in [-0.1, -0.05) is 0 Å². The standard InChI is InChI=1S/C20H17F24O4P/c1-3-46-49(45,47-4-2)48-8-7-11(24,25)14(30,31)16(34,35)15(32,33)12(26,27)9(21)5-6-10(22,23)13(28,29)17(36,37)18(38,39)19(40,41)20(42,43)44/h5H,3-4,6-8H2,1-2H3. The minimum atomic E-state index is -8.59. The molecule has 0 rings (SSSR count). The van der Waals surface area contributed by atoms with Crippen LogP contribution in [0.1, 0.15) is 26.7 Å². The van der Waals surface area contributed by atoms with E-state index in [9.17, 15) is 110 Å². The number of hydrogen-bond donors (Lipinski definition) is 0. The number of phosphoric ester groups is 1. The first-order valence-electron chi connectivity index (χ1n) is 12.0. The van der Waals surface area contributed by atoms with Crippen LogP contribution in [0.3, 0.4) is 0 Å². The molecule has 0 fully saturated rings. The van der Waals surface area contributed by atoms with Crippen LogP contribution in [0.15, 0.2) is 11.9 Å². The quantitative estimate of drug-likeness (QED) is 0.0963. The molecule has 294 valence electrons. The first-order valence-corrected chi connectivity index (χ1v) is 13.4. The van der Waals surface area contributed by atoms with Crippen molar-refractivity contribution >= 4 is 7.82 Å². The molecule has 0 aliphatic rings. The van der Waals surface area contributed by atoms with Crippen LogP contribution in [0.5, 0.6) is 0 Å². The summed E-state index contributed by atoms with van der Waals surface area (Å²) in [7, 11) is -4.92. The molecule has 0 aromatic heterocycles. The van der Waals surface area contributed by atoms with Crippen molar-refractivity contribution in [2.45, 2.75) is 92.1 Å². The third kappa shape index (κ3) is 7.84. The Kier molecular flexibility index (Phi) is 13.4. The van der Waals surface area contributed by atoms with Crippen LogP contribution >= 0.6 is 7.82 Å². The summed E-state index contributed by atoms with van der Waals surface area (Å²) in [6.07, 6.45) is -17.3. The minimum Gasteiger partial charge on any atom is -0.287 e. The highest BCUT2D eigenvalue weighted by atomic mass is 31.2. The second kappa shape index (κ2) is 14.0. The molecule has 0 aromatic rings. The molecule has 0 saturated heterocycles. The molecular weight excluding hydrogens is 791 g/mol. The van der Waals surface area contributed by atoms with Gasteiger partial charge in [-0.25, -0.2) is 8.96 Å². The van der Waals surface area contributed by atoms with Crippen molar-refractivity contribution in [2.24, 2.45) is 0 Å². The molecule has 0 N–H and O–H groups in total. The minimum absolute atomic E-state index is 0.616. The van der Waals surface area contributed by atoms with Crippen molar-refractivity contribution in [3.8, 4) is 0 Å². The molecular formula is C20H17F24O4P. The van der Waals surface area contributed by atoms with Gasteiger partial charge >= 0.3 is 73.2 Å². The van der Waals surface area contributed by atoms with E-state index in [0.29, 0.717) is 0 Å². The summed E-state index contributed by atoms with van der Waals surface area (Å²) >= 11 is 0. The highest BCUT2D eigenvalue weighted by Gasteiger charge is 2.91. The van der Waals surface area contributed by atoms with Gasteiger partial charge in [0.05, 0.1) is 19.8 Å². The topological polar surface area (TPSA) is 44.8 Å². The van der Waals surface area contributed by atoms with Gasteiger partial charge in [-0.3, -0.25) is 13.6 Å². The number of phosphoric acid groups is 1. The van der Waals surface area contributed by atoms with E-state index < -0.39 is 118 Å². The summed E-state index contributed by atoms with van der Waals surface area (Å²) < 4.78 is 348. The fourth-order valence-electron chi connectivity index (χ4n) is 2.92. The average molecular weight is 808 g/mol. The maximum Gasteiger partial charge on any atom is 0.474 e. The van der Waals surface area contributed by atoms with Crippen LogP contribution in [-0.2, 0) is 18.1 Å². The van der Waals surface area contributed by atoms with Gasteiger partial charge in [0.25, 0.3) is 0 Å². The SMILES string of the molecule is CCOP(=O)(OCC)OCCC(F)(F)C(F)(F)C(F)(F)C(F)(F)C(F)(F)C(F)=CCC(F)(F)C(F)(F)C(F)(F)C(F)(F)C(F)(F)C(F)(F)F. The van der Waals surface area contributed by atoms with Crippen LogP contribution < -0.4 is 0 Å². The van der Waals surface area contributed by atoms with E-state index >= 15 is 0 Å². The lowest BCUT2D eigenvalue weighted by molar-refractivity contribution is -0.439. The van der Waals surface area contributed by atoms with Crippen molar-refractivity contribution in [1.82, 2.24) is 0 Å². The predicted octanol–water partition coefficient (Wildman–Crippen LogP) is 10.7. The zero-order valence-corrected chi connectivity index (χ0v) is 24.2. The van der Waals surface area contributed by atoms with E-state index in [1.807, 2.05) is 0 Å². The van der Waals surface area contributed by atoms with Gasteiger partial charge in [-0.05, 0) is 19.9 Å². The van der Waals surface area contributed by atoms with E-state index in [2.05, 4.69) is 13.6 Å². The predicted molar refractivity (Wildman–Crippen MR) is 111 cm³/mol. The molecule has 0 heterocycles. The van der Waals surface area contributed by atoms with Crippen molar-refractivity contribution in [3.63, 3.8) is 0 Å². The van der Waals surface area contributed by atoms with E-state index in [4.69, 9.17) is 0 Å². The lowest BCUT2D eigenvalue weighted by Gasteiger charge is -2.40. The van der Waals surface area contributed by atoms with Crippen LogP contribution in [-0.4, -0.2) is 85.2 Å². The third-order valence-electron chi connectivity index (χ3n) is 5.72. The zero-order valence-electron chi connectivity index (χ0n) is 23.3. The van der Waals surface area contributed by atoms with Crippen LogP contribution in [0.2, 0.25) is 0 Å². The fourth-order valence-corrected chi connectivity index (χ4v) is 4.09. The van der Waals surface area contributed by atoms with E-state index in [-0.39, 0.29) is 0 Å². The highest BCUT2D eigenvalue weighted by Crippen LogP contribution is 2.62. The van der Waals surface area contributed by atoms with E-state index in [0.717, 1.165) is 13.8 Å². The molecule has 0 aliphatic heterocycles. The first kappa shape index (κ1) is 47.2. The number of alkyl halides is 23. The summed E-state index contributed by atoms with van der Waals surface area (Å²) in [5.41, 5.74) is 0. The van der Waals surface area contributed by atoms with Crippen molar-refractivity contribution in [3.05, 3.63) is 11.9 Å². The summed E-state index contributed by atoms with van der Waals surface area (Å²) in [6, 6.07) is 0. The summed E-state index contributed by atoms with van der Waals surface area (Å²) in [5.74, 6) is -84.8. The lowest BCUT2D eigenvalue weighted by atomic mass is 9.91. The Morgan fingerprint density at radius 2 is 0.857 bits per heavy atom. The van der Waals surface area contributed by atoms with Gasteiger partial charge in [0, 0.05) is 12.8 Å². The average Bonchev–Trinajstić information content (AvgIpc) is 2.90. The van der Waals surface area contributed by atoms with Gasteiger partial charge in [0.15, 0.2) is 5.83 Å². The normalized spacial score (nSPS) is 16.4. The molecule has 0 bridgehead atoms. The van der Waals surface area contributed by atoms with E-state index in [1.165, 1.54) is 0 Å². The van der Waals surface area contributed by atoms with Gasteiger partial charge in [-0.2, -0.15) is 101 Å². The molecule has 49 heavy (non-hydrogen) atoms. The summed E-state index contributed by atoms with van der Waals surface area (Å²) in [4.78, 5) is 0. The van der Waals surface area contributed by atoms with Gasteiger partial charge in [-0.15, -0.1) is 0 Å². The number of allylic oxidation sites excluding steroid dienone is 2. The molecule has 0 aliphatic carbocycles. The Morgan fingerprint density at radius 1 is 0.510 bits per heavy atom. The van der Waals surface area contributed by atoms with Gasteiger partial charge in [0.2, 0.25) is 0 Å². The second-order valence-corrected chi connectivity index (χ2v) is 10.8. The van der Waals surface area contributed by atoms with Gasteiger partial charge < -0.3 is 0 Å². The third-order valence-corrected chi connectivity index (χ3v) is 7.37. The van der Waals surface area contributed by atoms with Gasteiger partial charge in [0.1, 0.15) is 0 Å². The summed E-state index contributed by atoms with van der Waals surface area (Å²) in [6.45, 7) is -1.26. The first-order chi connectivity index (χ1) is 21.2. The Balaban J connectivity index is 6.57. The number of rotatable bonds is 19. The molecule has 0 aromatic carbocycles. The van der Waals surface area contributed by atoms with E-state index in [1.54, 1.807) is 0 Å². The molecule has 0 saturated carbocycles. The fraction of sp³-hybridized carbons (Fsp3) is 0.900. The number of halogens is 24. The largest absolute Gasteiger partial charge is 0.474 e. The van der Waals surface area contributed by atoms with Crippen molar-refractivity contribution < 1.29 is 124 Å². The maximum absolute atomic E-state index is 14.0. The lowest BCUT2D eigenvalue weighted by Crippen LogP contribution is -2.70. The monoisotopic (exact) mass is 808 g/mol. The highest BCUT2D eigenvalue weighted by molar-refractivity contribution is 7.48. The molecule has 0 radical (unpaired) electrons. The Labute approximate surface area is 256 Å². The smallest absolute Gasteiger partial charge is 0.287 e. The molecule has 0 unspecified atom stereocenters. The molecule has 0 atom stereocenters. The molecule has 0 spiro atoms. The van der Waals surface area contributed by atoms with Crippen LogP contribution in [0.4, 0.5) is 105 Å². The molecule has 4 nitrogen and oxygen atoms in total. The van der Waals surface area contributed by atoms with Crippen LogP contribution in [0.25, 0.3) is 0 Å². The number of hydrogen-bond acceptors (Lipinski definition) is 4. The maximum atomic E-state index is 14.0. The van der Waals surface area contributed by atoms with Crippen LogP contribution in [0, 0.1) is 0 Å². The summed E-state index contributed by atoms with van der Waals surface area (Å²) in [5, 5.41) is 0. The molecule has 29 heteroatoms. The van der Waals surface area contributed by atoms with Crippen molar-refractivity contribution in [1.29, 1.82) is 0 Å². The Bertz CT molecular complexity index is 1200. The van der Waals surface area contributed by atoms with Crippen molar-refractivity contribution in [2.75, 3.05) is 19.8 Å². The Morgan fingerprint density at radius 3 is 1.22 bits per heavy atom. The Hall–Kier alpha value is -1.83. The second-order valence-electron chi connectivity index (χ2n) is 9.12.